The first-order chi connectivity index (χ1) is 10.6. The normalized spacial score (nSPS) is 24.4. The average Bonchev–Trinajstić information content (AvgIpc) is 2.52. The fourth-order valence-electron chi connectivity index (χ4n) is 3.25. The maximum absolute atomic E-state index is 12.3. The molecule has 5 heteroatoms. The Kier molecular flexibility index (Phi) is 4.32. The van der Waals surface area contributed by atoms with E-state index in [9.17, 15) is 9.59 Å². The van der Waals surface area contributed by atoms with E-state index in [2.05, 4.69) is 12.2 Å². The first kappa shape index (κ1) is 14.9. The van der Waals surface area contributed by atoms with E-state index >= 15 is 0 Å². The maximum Gasteiger partial charge on any atom is 0.265 e. The van der Waals surface area contributed by atoms with Crippen molar-refractivity contribution in [3.8, 4) is 5.75 Å². The summed E-state index contributed by atoms with van der Waals surface area (Å²) < 4.78 is 5.39. The minimum atomic E-state index is -0.175. The highest BCUT2D eigenvalue weighted by Crippen LogP contribution is 2.31. The van der Waals surface area contributed by atoms with Gasteiger partial charge in [0.2, 0.25) is 5.91 Å². The van der Waals surface area contributed by atoms with Gasteiger partial charge in [-0.2, -0.15) is 0 Å². The van der Waals surface area contributed by atoms with Crippen LogP contribution in [0.3, 0.4) is 0 Å². The molecule has 0 bridgehead atoms. The molecule has 1 heterocycles. The Morgan fingerprint density at radius 3 is 2.91 bits per heavy atom. The number of para-hydroxylation sites is 2. The highest BCUT2D eigenvalue weighted by molar-refractivity contribution is 6.02. The van der Waals surface area contributed by atoms with Gasteiger partial charge in [0.25, 0.3) is 5.91 Å². The van der Waals surface area contributed by atoms with Gasteiger partial charge in [-0.25, -0.2) is 0 Å². The van der Waals surface area contributed by atoms with E-state index in [0.29, 0.717) is 17.4 Å². The first-order valence-corrected chi connectivity index (χ1v) is 7.96. The van der Waals surface area contributed by atoms with E-state index in [1.807, 2.05) is 24.3 Å². The average molecular weight is 302 g/mol. The molecular weight excluding hydrogens is 280 g/mol. The number of hydrogen-bond acceptors (Lipinski definition) is 3. The van der Waals surface area contributed by atoms with Gasteiger partial charge in [0, 0.05) is 6.04 Å². The smallest absolute Gasteiger partial charge is 0.265 e. The largest absolute Gasteiger partial charge is 0.482 e. The number of nitrogens with zero attached hydrogens (tertiary/aromatic N) is 1. The van der Waals surface area contributed by atoms with Crippen molar-refractivity contribution in [2.24, 2.45) is 5.92 Å². The zero-order chi connectivity index (χ0) is 15.5. The Balaban J connectivity index is 1.67. The van der Waals surface area contributed by atoms with Crippen molar-refractivity contribution in [2.75, 3.05) is 18.1 Å². The van der Waals surface area contributed by atoms with Gasteiger partial charge in [-0.1, -0.05) is 31.9 Å². The van der Waals surface area contributed by atoms with Crippen molar-refractivity contribution in [2.45, 2.75) is 38.6 Å². The summed E-state index contributed by atoms with van der Waals surface area (Å²) in [6, 6.07) is 7.55. The van der Waals surface area contributed by atoms with Crippen LogP contribution in [0.2, 0.25) is 0 Å². The summed E-state index contributed by atoms with van der Waals surface area (Å²) >= 11 is 0. The lowest BCUT2D eigenvalue weighted by Crippen LogP contribution is -2.49. The molecule has 2 aliphatic rings. The molecule has 0 spiro atoms. The van der Waals surface area contributed by atoms with Gasteiger partial charge in [0.05, 0.1) is 5.69 Å². The van der Waals surface area contributed by atoms with Crippen LogP contribution in [0.5, 0.6) is 5.75 Å². The predicted molar refractivity (Wildman–Crippen MR) is 83.9 cm³/mol. The molecule has 5 nitrogen and oxygen atoms in total. The molecule has 1 fully saturated rings. The minimum absolute atomic E-state index is 0.00980. The fourth-order valence-corrected chi connectivity index (χ4v) is 3.25. The molecule has 0 aromatic heterocycles. The second kappa shape index (κ2) is 6.38. The zero-order valence-electron chi connectivity index (χ0n) is 12.9. The van der Waals surface area contributed by atoms with Gasteiger partial charge in [-0.15, -0.1) is 0 Å². The second-order valence-corrected chi connectivity index (χ2v) is 6.17. The third kappa shape index (κ3) is 3.08. The summed E-state index contributed by atoms with van der Waals surface area (Å²) in [7, 11) is 0. The van der Waals surface area contributed by atoms with Gasteiger partial charge >= 0.3 is 0 Å². The molecule has 1 N–H and O–H groups in total. The van der Waals surface area contributed by atoms with Crippen molar-refractivity contribution >= 4 is 17.5 Å². The number of carbonyl (C=O) groups is 2. The molecule has 118 valence electrons. The van der Waals surface area contributed by atoms with Gasteiger partial charge < -0.3 is 10.1 Å². The molecule has 1 aromatic rings. The Morgan fingerprint density at radius 2 is 2.09 bits per heavy atom. The SMILES string of the molecule is C[C@@H]1CCCC[C@@H]1NC(=O)CN1C(=O)COc2ccccc21. The van der Waals surface area contributed by atoms with Crippen LogP contribution in [0.15, 0.2) is 24.3 Å². The lowest BCUT2D eigenvalue weighted by atomic mass is 9.86. The summed E-state index contributed by atoms with van der Waals surface area (Å²) in [5, 5.41) is 3.09. The Bertz CT molecular complexity index is 573. The molecule has 1 aliphatic carbocycles. The van der Waals surface area contributed by atoms with Gasteiger partial charge in [-0.05, 0) is 30.9 Å². The van der Waals surface area contributed by atoms with Gasteiger partial charge in [-0.3, -0.25) is 14.5 Å². The molecule has 2 atom stereocenters. The fraction of sp³-hybridized carbons (Fsp3) is 0.529. The van der Waals surface area contributed by atoms with Crippen LogP contribution in [-0.2, 0) is 9.59 Å². The van der Waals surface area contributed by atoms with Crippen LogP contribution in [0.1, 0.15) is 32.6 Å². The van der Waals surface area contributed by atoms with Crippen molar-refractivity contribution in [3.05, 3.63) is 24.3 Å². The van der Waals surface area contributed by atoms with Gasteiger partial charge in [0.1, 0.15) is 12.3 Å². The first-order valence-electron chi connectivity index (χ1n) is 7.96. The minimum Gasteiger partial charge on any atom is -0.482 e. The molecule has 3 rings (SSSR count). The van der Waals surface area contributed by atoms with Crippen LogP contribution in [0.4, 0.5) is 5.69 Å². The van der Waals surface area contributed by atoms with E-state index in [1.54, 1.807) is 0 Å². The molecule has 1 saturated carbocycles. The number of hydrogen-bond donors (Lipinski definition) is 1. The number of carbonyl (C=O) groups excluding carboxylic acids is 2. The molecule has 0 saturated heterocycles. The number of fused-ring (bicyclic) bond motifs is 1. The van der Waals surface area contributed by atoms with E-state index in [4.69, 9.17) is 4.74 Å². The lowest BCUT2D eigenvalue weighted by Gasteiger charge is -2.32. The summed E-state index contributed by atoms with van der Waals surface area (Å²) in [5.41, 5.74) is 0.672. The highest BCUT2D eigenvalue weighted by Gasteiger charge is 2.29. The molecule has 0 radical (unpaired) electrons. The summed E-state index contributed by atoms with van der Waals surface area (Å²) in [6.07, 6.45) is 4.59. The predicted octanol–water partition coefficient (Wildman–Crippen LogP) is 2.11. The van der Waals surface area contributed by atoms with Crippen LogP contribution >= 0.6 is 0 Å². The van der Waals surface area contributed by atoms with Crippen LogP contribution in [0, 0.1) is 5.92 Å². The van der Waals surface area contributed by atoms with Crippen molar-refractivity contribution in [1.29, 1.82) is 0 Å². The Hall–Kier alpha value is -2.04. The number of nitrogens with one attached hydrogen (secondary N) is 1. The molecule has 1 aromatic carbocycles. The Labute approximate surface area is 130 Å². The molecule has 22 heavy (non-hydrogen) atoms. The number of rotatable bonds is 3. The summed E-state index contributed by atoms with van der Waals surface area (Å²) in [6.45, 7) is 2.23. The summed E-state index contributed by atoms with van der Waals surface area (Å²) in [5.74, 6) is 0.889. The zero-order valence-corrected chi connectivity index (χ0v) is 12.9. The maximum atomic E-state index is 12.3. The van der Waals surface area contributed by atoms with Crippen LogP contribution < -0.4 is 15.0 Å². The Morgan fingerprint density at radius 1 is 1.32 bits per heavy atom. The number of anilines is 1. The van der Waals surface area contributed by atoms with Crippen molar-refractivity contribution < 1.29 is 14.3 Å². The monoisotopic (exact) mass is 302 g/mol. The third-order valence-electron chi connectivity index (χ3n) is 4.57. The van der Waals surface area contributed by atoms with Gasteiger partial charge in [0.15, 0.2) is 6.61 Å². The van der Waals surface area contributed by atoms with Crippen LogP contribution in [0.25, 0.3) is 0 Å². The van der Waals surface area contributed by atoms with E-state index in [1.165, 1.54) is 11.3 Å². The number of benzene rings is 1. The number of ether oxygens (including phenoxy) is 1. The topological polar surface area (TPSA) is 58.6 Å². The second-order valence-electron chi connectivity index (χ2n) is 6.17. The van der Waals surface area contributed by atoms with E-state index < -0.39 is 0 Å². The van der Waals surface area contributed by atoms with E-state index in [0.717, 1.165) is 19.3 Å². The highest BCUT2D eigenvalue weighted by atomic mass is 16.5. The molecule has 2 amide bonds. The lowest BCUT2D eigenvalue weighted by molar-refractivity contribution is -0.126. The third-order valence-corrected chi connectivity index (χ3v) is 4.57. The standard InChI is InChI=1S/C17H22N2O3/c1-12-6-2-3-7-13(12)18-16(20)10-19-14-8-4-5-9-15(14)22-11-17(19)21/h4-5,8-9,12-13H,2-3,6-7,10-11H2,1H3,(H,18,20)/t12-,13+/m1/s1. The summed E-state index contributed by atoms with van der Waals surface area (Å²) in [4.78, 5) is 25.9. The van der Waals surface area contributed by atoms with Crippen LogP contribution in [-0.4, -0.2) is 31.0 Å². The molecular formula is C17H22N2O3. The van der Waals surface area contributed by atoms with E-state index in [-0.39, 0.29) is 31.0 Å². The van der Waals surface area contributed by atoms with Crippen molar-refractivity contribution in [1.82, 2.24) is 5.32 Å². The number of amides is 2. The molecule has 0 unspecified atom stereocenters. The van der Waals surface area contributed by atoms with Crippen molar-refractivity contribution in [3.63, 3.8) is 0 Å². The quantitative estimate of drug-likeness (QED) is 0.930. The molecule has 1 aliphatic heterocycles.